The third kappa shape index (κ3) is 6.95. The Balaban J connectivity index is 1.71. The maximum Gasteiger partial charge on any atom is 0.262 e. The summed E-state index contributed by atoms with van der Waals surface area (Å²) in [7, 11) is 0. The van der Waals surface area contributed by atoms with E-state index in [0.29, 0.717) is 18.2 Å². The van der Waals surface area contributed by atoms with Crippen molar-refractivity contribution in [3.05, 3.63) is 101 Å². The molecule has 1 amide bonds. The predicted molar refractivity (Wildman–Crippen MR) is 140 cm³/mol. The molecule has 0 aliphatic rings. The summed E-state index contributed by atoms with van der Waals surface area (Å²) in [6.07, 6.45) is 1.59. The van der Waals surface area contributed by atoms with Crippen molar-refractivity contribution in [1.82, 2.24) is 5.32 Å². The van der Waals surface area contributed by atoms with Crippen LogP contribution in [0.5, 0.6) is 5.75 Å². The smallest absolute Gasteiger partial charge is 0.262 e. The van der Waals surface area contributed by atoms with Gasteiger partial charge in [0.2, 0.25) is 0 Å². The van der Waals surface area contributed by atoms with Gasteiger partial charge in [0.1, 0.15) is 24.0 Å². The molecule has 0 radical (unpaired) electrons. The molecular formula is C24H17ClI2N2O2. The summed E-state index contributed by atoms with van der Waals surface area (Å²) >= 11 is 10.3. The summed E-state index contributed by atoms with van der Waals surface area (Å²) in [6, 6.07) is 22.8. The highest BCUT2D eigenvalue weighted by molar-refractivity contribution is 14.1. The molecule has 0 atom stereocenters. The van der Waals surface area contributed by atoms with Crippen LogP contribution >= 0.6 is 56.8 Å². The van der Waals surface area contributed by atoms with Crippen LogP contribution in [0.4, 0.5) is 0 Å². The second kappa shape index (κ2) is 11.5. The highest BCUT2D eigenvalue weighted by Gasteiger charge is 2.12. The molecule has 31 heavy (non-hydrogen) atoms. The minimum Gasteiger partial charge on any atom is -0.487 e. The van der Waals surface area contributed by atoms with E-state index in [9.17, 15) is 10.1 Å². The first-order valence-corrected chi connectivity index (χ1v) is 11.8. The molecule has 0 fully saturated rings. The summed E-state index contributed by atoms with van der Waals surface area (Å²) in [6.45, 7) is 0.787. The van der Waals surface area contributed by atoms with Gasteiger partial charge in [0.15, 0.2) is 0 Å². The van der Waals surface area contributed by atoms with E-state index in [1.54, 1.807) is 6.08 Å². The van der Waals surface area contributed by atoms with Crippen LogP contribution in [0.25, 0.3) is 6.08 Å². The Labute approximate surface area is 213 Å². The summed E-state index contributed by atoms with van der Waals surface area (Å²) in [5.74, 6) is 0.361. The van der Waals surface area contributed by atoms with Crippen LogP contribution in [0.2, 0.25) is 5.02 Å². The number of halogens is 3. The molecule has 7 heteroatoms. The molecule has 4 nitrogen and oxygen atoms in total. The number of amides is 1. The number of nitriles is 1. The molecule has 0 spiro atoms. The number of carbonyl (C=O) groups excluding carboxylic acids is 1. The Hall–Kier alpha value is -2.09. The zero-order valence-corrected chi connectivity index (χ0v) is 21.3. The quantitative estimate of drug-likeness (QED) is 0.184. The number of benzene rings is 3. The normalized spacial score (nSPS) is 11.0. The van der Waals surface area contributed by atoms with E-state index in [-0.39, 0.29) is 5.57 Å². The average molecular weight is 655 g/mol. The van der Waals surface area contributed by atoms with Crippen LogP contribution in [0.1, 0.15) is 16.7 Å². The average Bonchev–Trinajstić information content (AvgIpc) is 2.77. The summed E-state index contributed by atoms with van der Waals surface area (Å²) in [5.41, 5.74) is 2.80. The molecule has 1 N–H and O–H groups in total. The van der Waals surface area contributed by atoms with Crippen molar-refractivity contribution in [3.8, 4) is 11.8 Å². The van der Waals surface area contributed by atoms with Crippen LogP contribution in [0.15, 0.2) is 72.3 Å². The Morgan fingerprint density at radius 1 is 1.03 bits per heavy atom. The molecule has 3 rings (SSSR count). The van der Waals surface area contributed by atoms with Gasteiger partial charge in [-0.05, 0) is 92.2 Å². The van der Waals surface area contributed by atoms with Crippen LogP contribution < -0.4 is 10.1 Å². The number of nitrogens with one attached hydrogen (secondary N) is 1. The Bertz CT molecular complexity index is 1120. The first kappa shape index (κ1) is 23.6. The van der Waals surface area contributed by atoms with Gasteiger partial charge in [-0.1, -0.05) is 54.1 Å². The number of hydrogen-bond donors (Lipinski definition) is 1. The van der Waals surface area contributed by atoms with Crippen molar-refractivity contribution >= 4 is 68.8 Å². The highest BCUT2D eigenvalue weighted by Crippen LogP contribution is 2.30. The Morgan fingerprint density at radius 2 is 1.68 bits per heavy atom. The minimum atomic E-state index is -0.403. The van der Waals surface area contributed by atoms with E-state index >= 15 is 0 Å². The molecule has 0 aromatic heterocycles. The zero-order valence-electron chi connectivity index (χ0n) is 16.2. The van der Waals surface area contributed by atoms with E-state index < -0.39 is 5.91 Å². The van der Waals surface area contributed by atoms with E-state index in [0.717, 1.165) is 29.6 Å². The molecular weight excluding hydrogens is 638 g/mol. The third-order valence-electron chi connectivity index (χ3n) is 4.29. The number of ether oxygens (including phenoxy) is 1. The lowest BCUT2D eigenvalue weighted by atomic mass is 10.1. The number of rotatable bonds is 7. The lowest BCUT2D eigenvalue weighted by molar-refractivity contribution is -0.117. The molecule has 156 valence electrons. The first-order chi connectivity index (χ1) is 15.0. The van der Waals surface area contributed by atoms with Gasteiger partial charge in [0.25, 0.3) is 5.91 Å². The highest BCUT2D eigenvalue weighted by atomic mass is 127. The standard InChI is InChI=1S/C24H17ClI2N2O2/c25-20-8-6-17(7-9-20)15-31-23-21(26)11-18(12-22(23)27)10-19(13-28)24(30)29-14-16-4-2-1-3-5-16/h1-12H,14-15H2,(H,29,30)/b19-10-. The first-order valence-electron chi connectivity index (χ1n) is 9.26. The van der Waals surface area contributed by atoms with Crippen molar-refractivity contribution < 1.29 is 9.53 Å². The molecule has 0 saturated carbocycles. The van der Waals surface area contributed by atoms with Crippen molar-refractivity contribution in [3.63, 3.8) is 0 Å². The maximum atomic E-state index is 12.4. The van der Waals surface area contributed by atoms with Crippen molar-refractivity contribution in [2.75, 3.05) is 0 Å². The maximum absolute atomic E-state index is 12.4. The Kier molecular flexibility index (Phi) is 8.75. The second-order valence-electron chi connectivity index (χ2n) is 6.57. The molecule has 0 saturated heterocycles. The van der Waals surface area contributed by atoms with E-state index in [4.69, 9.17) is 16.3 Å². The molecule has 0 heterocycles. The van der Waals surface area contributed by atoms with Gasteiger partial charge in [0.05, 0.1) is 7.14 Å². The van der Waals surface area contributed by atoms with Crippen LogP contribution in [-0.2, 0) is 17.9 Å². The summed E-state index contributed by atoms with van der Waals surface area (Å²) in [4.78, 5) is 12.4. The number of carbonyl (C=O) groups is 1. The van der Waals surface area contributed by atoms with Gasteiger partial charge in [-0.25, -0.2) is 0 Å². The number of nitrogens with zero attached hydrogens (tertiary/aromatic N) is 1. The van der Waals surface area contributed by atoms with E-state index in [1.165, 1.54) is 0 Å². The van der Waals surface area contributed by atoms with Gasteiger partial charge in [-0.3, -0.25) is 4.79 Å². The van der Waals surface area contributed by atoms with Gasteiger partial charge in [-0.15, -0.1) is 0 Å². The molecule has 0 aliphatic heterocycles. The van der Waals surface area contributed by atoms with Gasteiger partial charge < -0.3 is 10.1 Å². The van der Waals surface area contributed by atoms with Crippen LogP contribution in [-0.4, -0.2) is 5.91 Å². The lowest BCUT2D eigenvalue weighted by Crippen LogP contribution is -2.23. The fraction of sp³-hybridized carbons (Fsp3) is 0.0833. The molecule has 3 aromatic rings. The third-order valence-corrected chi connectivity index (χ3v) is 6.14. The van der Waals surface area contributed by atoms with Crippen LogP contribution in [0, 0.1) is 18.5 Å². The molecule has 0 aliphatic carbocycles. The van der Waals surface area contributed by atoms with Crippen LogP contribution in [0.3, 0.4) is 0 Å². The molecule has 0 bridgehead atoms. The molecule has 0 unspecified atom stereocenters. The monoisotopic (exact) mass is 654 g/mol. The number of hydrogen-bond acceptors (Lipinski definition) is 3. The summed E-state index contributed by atoms with van der Waals surface area (Å²) in [5, 5.41) is 12.9. The zero-order chi connectivity index (χ0) is 22.2. The minimum absolute atomic E-state index is 0.0531. The van der Waals surface area contributed by atoms with Gasteiger partial charge in [-0.2, -0.15) is 5.26 Å². The van der Waals surface area contributed by atoms with Crippen molar-refractivity contribution in [2.45, 2.75) is 13.2 Å². The lowest BCUT2D eigenvalue weighted by Gasteiger charge is -2.12. The Morgan fingerprint density at radius 3 is 2.29 bits per heavy atom. The largest absolute Gasteiger partial charge is 0.487 e. The summed E-state index contributed by atoms with van der Waals surface area (Å²) < 4.78 is 7.78. The molecule has 3 aromatic carbocycles. The predicted octanol–water partition coefficient (Wildman–Crippen LogP) is 6.35. The van der Waals surface area contributed by atoms with Crippen molar-refractivity contribution in [2.24, 2.45) is 0 Å². The van der Waals surface area contributed by atoms with Crippen molar-refractivity contribution in [1.29, 1.82) is 5.26 Å². The fourth-order valence-corrected chi connectivity index (χ4v) is 4.98. The van der Waals surface area contributed by atoms with E-state index in [2.05, 4.69) is 50.5 Å². The second-order valence-corrected chi connectivity index (χ2v) is 9.33. The fourth-order valence-electron chi connectivity index (χ4n) is 2.73. The SMILES string of the molecule is N#C/C(=C/c1cc(I)c(OCc2ccc(Cl)cc2)c(I)c1)C(=O)NCc1ccccc1. The van der Waals surface area contributed by atoms with E-state index in [1.807, 2.05) is 72.8 Å². The topological polar surface area (TPSA) is 62.1 Å². The van der Waals surface area contributed by atoms with Gasteiger partial charge in [0, 0.05) is 11.6 Å². The van der Waals surface area contributed by atoms with Gasteiger partial charge >= 0.3 is 0 Å².